The lowest BCUT2D eigenvalue weighted by atomic mass is 10.1. The molecule has 1 aliphatic heterocycles. The lowest BCUT2D eigenvalue weighted by molar-refractivity contribution is 1.45. The molecular formula is C9H9N. The Kier molecular flexibility index (Phi) is 1.10. The van der Waals surface area contributed by atoms with Crippen LogP contribution >= 0.6 is 0 Å². The van der Waals surface area contributed by atoms with Gasteiger partial charge in [0.05, 0.1) is 12.3 Å². The molecule has 0 radical (unpaired) electrons. The highest BCUT2D eigenvalue weighted by molar-refractivity contribution is 6.11. The molecule has 0 atom stereocenters. The van der Waals surface area contributed by atoms with Crippen molar-refractivity contribution in [3.8, 4) is 0 Å². The number of benzene rings is 1. The molecule has 1 aromatic rings. The molecule has 0 saturated carbocycles. The Morgan fingerprint density at radius 3 is 2.60 bits per heavy atom. The highest BCUT2D eigenvalue weighted by Gasteiger charge is 2.13. The van der Waals surface area contributed by atoms with Gasteiger partial charge >= 0.3 is 0 Å². The van der Waals surface area contributed by atoms with Gasteiger partial charge in [0.15, 0.2) is 0 Å². The molecule has 1 aromatic carbocycles. The number of hydrogen-bond acceptors (Lipinski definition) is 1. The minimum atomic E-state index is 0.949. The summed E-state index contributed by atoms with van der Waals surface area (Å²) in [7, 11) is 0. The first-order valence-electron chi connectivity index (χ1n) is 3.47. The molecule has 0 aliphatic carbocycles. The third-order valence-corrected chi connectivity index (χ3v) is 1.77. The Balaban J connectivity index is 2.49. The van der Waals surface area contributed by atoms with E-state index in [2.05, 4.69) is 36.2 Å². The molecule has 1 nitrogen and oxygen atoms in total. The fraction of sp³-hybridized carbons (Fsp3) is 0.222. The Hall–Kier alpha value is -1.11. The molecule has 1 aliphatic rings. The quantitative estimate of drug-likeness (QED) is 0.551. The molecule has 10 heavy (non-hydrogen) atoms. The maximum Gasteiger partial charge on any atom is 0.0817 e. The molecule has 1 heterocycles. The van der Waals surface area contributed by atoms with E-state index in [-0.39, 0.29) is 0 Å². The number of aryl methyl sites for hydroxylation is 1. The first-order valence-corrected chi connectivity index (χ1v) is 3.47. The van der Waals surface area contributed by atoms with E-state index in [1.54, 1.807) is 0 Å². The smallest absolute Gasteiger partial charge is 0.0817 e. The van der Waals surface area contributed by atoms with Gasteiger partial charge < -0.3 is 0 Å². The van der Waals surface area contributed by atoms with Crippen LogP contribution in [0.3, 0.4) is 0 Å². The average Bonchev–Trinajstić information content (AvgIpc) is 2.71. The normalized spacial score (nSPS) is 14.7. The van der Waals surface area contributed by atoms with Crippen LogP contribution in [0, 0.1) is 6.92 Å². The van der Waals surface area contributed by atoms with Crippen LogP contribution in [0.2, 0.25) is 0 Å². The van der Waals surface area contributed by atoms with Crippen LogP contribution in [0.25, 0.3) is 0 Å². The van der Waals surface area contributed by atoms with Crippen LogP contribution in [0.4, 0.5) is 0 Å². The molecule has 50 valence electrons. The van der Waals surface area contributed by atoms with E-state index in [1.807, 2.05) is 0 Å². The minimum absolute atomic E-state index is 0.949. The van der Waals surface area contributed by atoms with E-state index in [0.29, 0.717) is 0 Å². The topological polar surface area (TPSA) is 12.4 Å². The van der Waals surface area contributed by atoms with Crippen LogP contribution in [-0.2, 0) is 0 Å². The van der Waals surface area contributed by atoms with E-state index >= 15 is 0 Å². The van der Waals surface area contributed by atoms with Crippen LogP contribution in [0.15, 0.2) is 29.3 Å². The standard InChI is InChI=1S/C9H9N/c1-7-4-2-3-5-8(7)9-6-10-9/h2-5H,6H2,1H3. The van der Waals surface area contributed by atoms with Gasteiger partial charge in [-0.25, -0.2) is 0 Å². The second-order valence-electron chi connectivity index (χ2n) is 2.58. The Labute approximate surface area is 60.4 Å². The molecule has 0 saturated heterocycles. The van der Waals surface area contributed by atoms with Crippen molar-refractivity contribution in [2.24, 2.45) is 4.99 Å². The summed E-state index contributed by atoms with van der Waals surface area (Å²) in [5.74, 6) is 0. The number of rotatable bonds is 1. The summed E-state index contributed by atoms with van der Waals surface area (Å²) in [6.45, 7) is 3.07. The van der Waals surface area contributed by atoms with Crippen LogP contribution in [-0.4, -0.2) is 12.3 Å². The molecule has 0 unspecified atom stereocenters. The van der Waals surface area contributed by atoms with Gasteiger partial charge in [-0.2, -0.15) is 0 Å². The molecule has 0 spiro atoms. The summed E-state index contributed by atoms with van der Waals surface area (Å²) in [6, 6.07) is 8.36. The first kappa shape index (κ1) is 5.66. The van der Waals surface area contributed by atoms with E-state index in [9.17, 15) is 0 Å². The summed E-state index contributed by atoms with van der Waals surface area (Å²) in [5.41, 5.74) is 3.92. The minimum Gasteiger partial charge on any atom is -0.281 e. The highest BCUT2D eigenvalue weighted by atomic mass is 14.9. The highest BCUT2D eigenvalue weighted by Crippen LogP contribution is 2.14. The molecule has 0 aromatic heterocycles. The van der Waals surface area contributed by atoms with Crippen molar-refractivity contribution < 1.29 is 0 Å². The van der Waals surface area contributed by atoms with Gasteiger partial charge in [-0.1, -0.05) is 24.3 Å². The molecule has 0 fully saturated rings. The van der Waals surface area contributed by atoms with Gasteiger partial charge in [0, 0.05) is 5.56 Å². The zero-order chi connectivity index (χ0) is 6.97. The average molecular weight is 131 g/mol. The molecule has 0 amide bonds. The summed E-state index contributed by atoms with van der Waals surface area (Å²) >= 11 is 0. The van der Waals surface area contributed by atoms with Gasteiger partial charge in [-0.05, 0) is 12.5 Å². The fourth-order valence-corrected chi connectivity index (χ4v) is 1.11. The SMILES string of the molecule is Cc1ccccc1C1=NC1. The van der Waals surface area contributed by atoms with E-state index in [1.165, 1.54) is 16.8 Å². The second kappa shape index (κ2) is 1.94. The van der Waals surface area contributed by atoms with E-state index in [4.69, 9.17) is 0 Å². The zero-order valence-corrected chi connectivity index (χ0v) is 5.96. The van der Waals surface area contributed by atoms with Crippen molar-refractivity contribution in [1.82, 2.24) is 0 Å². The van der Waals surface area contributed by atoms with Crippen LogP contribution < -0.4 is 0 Å². The molecular weight excluding hydrogens is 122 g/mol. The second-order valence-corrected chi connectivity index (χ2v) is 2.58. The van der Waals surface area contributed by atoms with Crippen LogP contribution in [0.5, 0.6) is 0 Å². The van der Waals surface area contributed by atoms with E-state index < -0.39 is 0 Å². The molecule has 0 N–H and O–H groups in total. The number of aliphatic imine (C=N–C) groups is 1. The van der Waals surface area contributed by atoms with Gasteiger partial charge in [0.2, 0.25) is 0 Å². The van der Waals surface area contributed by atoms with Crippen LogP contribution in [0.1, 0.15) is 11.1 Å². The largest absolute Gasteiger partial charge is 0.281 e. The van der Waals surface area contributed by atoms with Gasteiger partial charge in [-0.3, -0.25) is 4.99 Å². The summed E-state index contributed by atoms with van der Waals surface area (Å²) in [5, 5.41) is 0. The Morgan fingerprint density at radius 2 is 2.00 bits per heavy atom. The zero-order valence-electron chi connectivity index (χ0n) is 5.96. The molecule has 1 heteroatoms. The van der Waals surface area contributed by atoms with Gasteiger partial charge in [0.25, 0.3) is 0 Å². The first-order chi connectivity index (χ1) is 4.88. The lowest BCUT2D eigenvalue weighted by Crippen LogP contribution is -1.90. The number of hydrogen-bond donors (Lipinski definition) is 0. The predicted octanol–water partition coefficient (Wildman–Crippen LogP) is 1.80. The van der Waals surface area contributed by atoms with Gasteiger partial charge in [-0.15, -0.1) is 0 Å². The summed E-state index contributed by atoms with van der Waals surface area (Å²) in [6.07, 6.45) is 0. The van der Waals surface area contributed by atoms with E-state index in [0.717, 1.165) is 6.54 Å². The van der Waals surface area contributed by atoms with Crippen molar-refractivity contribution in [3.63, 3.8) is 0 Å². The van der Waals surface area contributed by atoms with Gasteiger partial charge in [0.1, 0.15) is 0 Å². The van der Waals surface area contributed by atoms with Crippen molar-refractivity contribution in [2.45, 2.75) is 6.92 Å². The summed E-state index contributed by atoms with van der Waals surface area (Å²) < 4.78 is 0. The third kappa shape index (κ3) is 0.838. The third-order valence-electron chi connectivity index (χ3n) is 1.77. The van der Waals surface area contributed by atoms with Crippen molar-refractivity contribution >= 4 is 5.71 Å². The fourth-order valence-electron chi connectivity index (χ4n) is 1.11. The predicted molar refractivity (Wildman–Crippen MR) is 42.6 cm³/mol. The Morgan fingerprint density at radius 1 is 1.30 bits per heavy atom. The van der Waals surface area contributed by atoms with Crippen molar-refractivity contribution in [1.29, 1.82) is 0 Å². The lowest BCUT2D eigenvalue weighted by Gasteiger charge is -1.95. The molecule has 2 rings (SSSR count). The van der Waals surface area contributed by atoms with Crippen molar-refractivity contribution in [3.05, 3.63) is 35.4 Å². The maximum absolute atomic E-state index is 4.15. The Bertz CT molecular complexity index is 287. The maximum atomic E-state index is 4.15. The monoisotopic (exact) mass is 131 g/mol. The number of nitrogens with zero attached hydrogens (tertiary/aromatic N) is 1. The molecule has 0 bridgehead atoms. The summed E-state index contributed by atoms with van der Waals surface area (Å²) in [4.78, 5) is 4.15. The van der Waals surface area contributed by atoms with Crippen molar-refractivity contribution in [2.75, 3.05) is 6.54 Å².